The van der Waals surface area contributed by atoms with Crippen LogP contribution in [0, 0.1) is 6.92 Å². The molecule has 0 amide bonds. The zero-order chi connectivity index (χ0) is 12.8. The minimum atomic E-state index is 0.972. The van der Waals surface area contributed by atoms with Gasteiger partial charge in [0, 0.05) is 11.4 Å². The first kappa shape index (κ1) is 14.0. The zero-order valence-corrected chi connectivity index (χ0v) is 12.5. The van der Waals surface area contributed by atoms with Crippen molar-refractivity contribution in [2.75, 3.05) is 19.6 Å². The van der Waals surface area contributed by atoms with E-state index in [4.69, 9.17) is 4.98 Å². The highest BCUT2D eigenvalue weighted by atomic mass is 32.1. The molecule has 2 rings (SSSR count). The second kappa shape index (κ2) is 7.22. The van der Waals surface area contributed by atoms with Crippen LogP contribution in [-0.2, 0) is 13.1 Å². The summed E-state index contributed by atoms with van der Waals surface area (Å²) in [6, 6.07) is 0. The molecule has 0 radical (unpaired) electrons. The fraction of sp³-hybridized carbons (Fsp3) is 0.786. The maximum Gasteiger partial charge on any atom is 0.107 e. The molecule has 0 aliphatic carbocycles. The molecular weight excluding hydrogens is 242 g/mol. The molecule has 1 aliphatic heterocycles. The van der Waals surface area contributed by atoms with Crippen LogP contribution in [0.25, 0.3) is 0 Å². The molecule has 1 aromatic rings. The molecule has 0 bridgehead atoms. The lowest BCUT2D eigenvalue weighted by atomic mass is 10.2. The van der Waals surface area contributed by atoms with E-state index in [0.717, 1.165) is 19.6 Å². The number of aryl methyl sites for hydroxylation is 1. The Kier molecular flexibility index (Phi) is 5.60. The van der Waals surface area contributed by atoms with Crippen LogP contribution in [0.4, 0.5) is 0 Å². The lowest BCUT2D eigenvalue weighted by Gasteiger charge is -2.17. The van der Waals surface area contributed by atoms with Gasteiger partial charge in [0.25, 0.3) is 0 Å². The van der Waals surface area contributed by atoms with Crippen LogP contribution in [0.2, 0.25) is 0 Å². The minimum absolute atomic E-state index is 0.972. The summed E-state index contributed by atoms with van der Waals surface area (Å²) in [6.07, 6.45) is 5.52. The molecule has 0 unspecified atom stereocenters. The summed E-state index contributed by atoms with van der Waals surface area (Å²) in [6.45, 7) is 9.84. The zero-order valence-electron chi connectivity index (χ0n) is 11.7. The summed E-state index contributed by atoms with van der Waals surface area (Å²) in [7, 11) is 0. The normalized spacial score (nSPS) is 17.9. The average molecular weight is 267 g/mol. The highest BCUT2D eigenvalue weighted by Crippen LogP contribution is 2.20. The Hall–Kier alpha value is -0.450. The quantitative estimate of drug-likeness (QED) is 0.889. The molecule has 1 aliphatic rings. The lowest BCUT2D eigenvalue weighted by molar-refractivity contribution is 0.276. The predicted octanol–water partition coefficient (Wildman–Crippen LogP) is 2.94. The summed E-state index contributed by atoms with van der Waals surface area (Å²) in [5.74, 6) is 0. The van der Waals surface area contributed by atoms with Crippen molar-refractivity contribution >= 4 is 11.3 Å². The largest absolute Gasteiger partial charge is 0.312 e. The van der Waals surface area contributed by atoms with Crippen molar-refractivity contribution in [1.82, 2.24) is 15.2 Å². The molecule has 0 saturated carbocycles. The standard InChI is InChI=1S/C14H25N3S/c1-3-15-10-13-12(2)16-14(18-13)11-17-8-6-4-5-7-9-17/h15H,3-11H2,1-2H3. The van der Waals surface area contributed by atoms with Crippen molar-refractivity contribution in [2.24, 2.45) is 0 Å². The van der Waals surface area contributed by atoms with Crippen molar-refractivity contribution < 1.29 is 0 Å². The van der Waals surface area contributed by atoms with Crippen molar-refractivity contribution in [3.63, 3.8) is 0 Å². The number of aromatic nitrogens is 1. The van der Waals surface area contributed by atoms with E-state index >= 15 is 0 Å². The van der Waals surface area contributed by atoms with E-state index in [1.54, 1.807) is 0 Å². The number of likely N-dealkylation sites (tertiary alicyclic amines) is 1. The molecule has 4 heteroatoms. The van der Waals surface area contributed by atoms with Crippen LogP contribution in [0.1, 0.15) is 48.2 Å². The fourth-order valence-electron chi connectivity index (χ4n) is 2.44. The minimum Gasteiger partial charge on any atom is -0.312 e. The number of nitrogens with one attached hydrogen (secondary N) is 1. The summed E-state index contributed by atoms with van der Waals surface area (Å²) in [5.41, 5.74) is 1.21. The Balaban J connectivity index is 1.91. The van der Waals surface area contributed by atoms with E-state index in [1.807, 2.05) is 11.3 Å². The Morgan fingerprint density at radius 2 is 1.94 bits per heavy atom. The number of hydrogen-bond donors (Lipinski definition) is 1. The smallest absolute Gasteiger partial charge is 0.107 e. The van der Waals surface area contributed by atoms with Crippen LogP contribution < -0.4 is 5.32 Å². The van der Waals surface area contributed by atoms with Gasteiger partial charge in [0.1, 0.15) is 5.01 Å². The molecule has 1 fully saturated rings. The lowest BCUT2D eigenvalue weighted by Crippen LogP contribution is -2.23. The molecule has 2 heterocycles. The Labute approximate surface area is 115 Å². The number of thiazole rings is 1. The maximum atomic E-state index is 4.73. The number of hydrogen-bond acceptors (Lipinski definition) is 4. The number of nitrogens with zero attached hydrogens (tertiary/aromatic N) is 2. The first-order chi connectivity index (χ1) is 8.79. The first-order valence-electron chi connectivity index (χ1n) is 7.18. The van der Waals surface area contributed by atoms with E-state index in [2.05, 4.69) is 24.1 Å². The van der Waals surface area contributed by atoms with Crippen molar-refractivity contribution in [3.05, 3.63) is 15.6 Å². The summed E-state index contributed by atoms with van der Waals surface area (Å²) >= 11 is 1.88. The number of rotatable bonds is 5. The monoisotopic (exact) mass is 267 g/mol. The van der Waals surface area contributed by atoms with Crippen LogP contribution in [0.5, 0.6) is 0 Å². The topological polar surface area (TPSA) is 28.2 Å². The van der Waals surface area contributed by atoms with Gasteiger partial charge in [-0.1, -0.05) is 19.8 Å². The third-order valence-electron chi connectivity index (χ3n) is 3.53. The molecular formula is C14H25N3S. The second-order valence-electron chi connectivity index (χ2n) is 5.09. The SMILES string of the molecule is CCNCc1sc(CN2CCCCCC2)nc1C. The molecule has 18 heavy (non-hydrogen) atoms. The van der Waals surface area contributed by atoms with Gasteiger partial charge >= 0.3 is 0 Å². The predicted molar refractivity (Wildman–Crippen MR) is 78.0 cm³/mol. The van der Waals surface area contributed by atoms with Crippen molar-refractivity contribution in [3.8, 4) is 0 Å². The van der Waals surface area contributed by atoms with Crippen LogP contribution >= 0.6 is 11.3 Å². The fourth-order valence-corrected chi connectivity index (χ4v) is 3.53. The van der Waals surface area contributed by atoms with E-state index < -0.39 is 0 Å². The summed E-state index contributed by atoms with van der Waals surface area (Å²) in [5, 5.41) is 4.68. The summed E-state index contributed by atoms with van der Waals surface area (Å²) in [4.78, 5) is 8.70. The molecule has 1 aromatic heterocycles. The highest BCUT2D eigenvalue weighted by molar-refractivity contribution is 7.11. The van der Waals surface area contributed by atoms with Crippen LogP contribution in [0.3, 0.4) is 0 Å². The van der Waals surface area contributed by atoms with Crippen molar-refractivity contribution in [1.29, 1.82) is 0 Å². The van der Waals surface area contributed by atoms with Crippen LogP contribution in [-0.4, -0.2) is 29.5 Å². The van der Waals surface area contributed by atoms with Gasteiger partial charge in [-0.05, 0) is 39.4 Å². The van der Waals surface area contributed by atoms with E-state index in [9.17, 15) is 0 Å². The molecule has 1 saturated heterocycles. The van der Waals surface area contributed by atoms with Gasteiger partial charge in [0.15, 0.2) is 0 Å². The third kappa shape index (κ3) is 4.04. The molecule has 0 aromatic carbocycles. The van der Waals surface area contributed by atoms with Gasteiger partial charge < -0.3 is 5.32 Å². The molecule has 1 N–H and O–H groups in total. The van der Waals surface area contributed by atoms with Gasteiger partial charge in [-0.15, -0.1) is 11.3 Å². The second-order valence-corrected chi connectivity index (χ2v) is 6.26. The maximum absolute atomic E-state index is 4.73. The van der Waals surface area contributed by atoms with Gasteiger partial charge in [-0.3, -0.25) is 4.90 Å². The highest BCUT2D eigenvalue weighted by Gasteiger charge is 2.13. The van der Waals surface area contributed by atoms with Gasteiger partial charge in [0.05, 0.1) is 12.2 Å². The van der Waals surface area contributed by atoms with Gasteiger partial charge in [0.2, 0.25) is 0 Å². The molecule has 102 valence electrons. The van der Waals surface area contributed by atoms with E-state index in [-0.39, 0.29) is 0 Å². The average Bonchev–Trinajstić information content (AvgIpc) is 2.56. The molecule has 0 atom stereocenters. The molecule has 0 spiro atoms. The van der Waals surface area contributed by atoms with E-state index in [1.165, 1.54) is 54.4 Å². The van der Waals surface area contributed by atoms with Gasteiger partial charge in [-0.25, -0.2) is 4.98 Å². The van der Waals surface area contributed by atoms with Gasteiger partial charge in [-0.2, -0.15) is 0 Å². The Morgan fingerprint density at radius 1 is 1.22 bits per heavy atom. The molecule has 3 nitrogen and oxygen atoms in total. The third-order valence-corrected chi connectivity index (χ3v) is 4.67. The first-order valence-corrected chi connectivity index (χ1v) is 7.99. The van der Waals surface area contributed by atoms with Crippen LogP contribution in [0.15, 0.2) is 0 Å². The summed E-state index contributed by atoms with van der Waals surface area (Å²) < 4.78 is 0. The van der Waals surface area contributed by atoms with E-state index in [0.29, 0.717) is 0 Å². The van der Waals surface area contributed by atoms with Crippen molar-refractivity contribution in [2.45, 2.75) is 52.6 Å². The Morgan fingerprint density at radius 3 is 2.61 bits per heavy atom. The Bertz CT molecular complexity index is 354.